The molecule has 170 valence electrons. The molecule has 4 nitrogen and oxygen atoms in total. The fourth-order valence-electron chi connectivity index (χ4n) is 4.99. The van der Waals surface area contributed by atoms with Crippen LogP contribution >= 0.6 is 0 Å². The molecule has 0 unspecified atom stereocenters. The first-order valence-electron chi connectivity index (χ1n) is 12.7. The molecule has 2 saturated carbocycles. The van der Waals surface area contributed by atoms with Crippen LogP contribution in [0, 0.1) is 11.8 Å². The first kappa shape index (κ1) is 24.9. The molecule has 0 heterocycles. The van der Waals surface area contributed by atoms with Gasteiger partial charge >= 0.3 is 0 Å². The fraction of sp³-hybridized carbons (Fsp3) is 0.846. The lowest BCUT2D eigenvalue weighted by molar-refractivity contribution is -0.147. The molecule has 0 bridgehead atoms. The Morgan fingerprint density at radius 3 is 1.03 bits per heavy atom. The van der Waals surface area contributed by atoms with E-state index in [1.54, 1.807) is 0 Å². The van der Waals surface area contributed by atoms with E-state index in [0.717, 1.165) is 77.0 Å². The summed E-state index contributed by atoms with van der Waals surface area (Å²) in [5, 5.41) is 0. The highest BCUT2D eigenvalue weighted by atomic mass is 16.2. The second kappa shape index (κ2) is 14.6. The van der Waals surface area contributed by atoms with Crippen molar-refractivity contribution in [1.29, 1.82) is 0 Å². The van der Waals surface area contributed by atoms with Crippen molar-refractivity contribution in [2.24, 2.45) is 11.8 Å². The third-order valence-corrected chi connectivity index (χ3v) is 6.99. The summed E-state index contributed by atoms with van der Waals surface area (Å²) < 4.78 is 0. The maximum absolute atomic E-state index is 13.1. The first-order valence-corrected chi connectivity index (χ1v) is 12.7. The van der Waals surface area contributed by atoms with Crippen molar-refractivity contribution in [1.82, 2.24) is 0 Å². The van der Waals surface area contributed by atoms with E-state index < -0.39 is 23.4 Å². The Balaban J connectivity index is 2.05. The molecule has 2 aliphatic rings. The zero-order chi connectivity index (χ0) is 21.6. The van der Waals surface area contributed by atoms with Gasteiger partial charge in [0, 0.05) is 12.8 Å². The highest BCUT2D eigenvalue weighted by molar-refractivity contribution is 6.44. The van der Waals surface area contributed by atoms with Crippen molar-refractivity contribution in [2.45, 2.75) is 128 Å². The van der Waals surface area contributed by atoms with E-state index in [-0.39, 0.29) is 11.6 Å². The smallest absolute Gasteiger partial charge is 0.209 e. The number of Topliss-reactive ketones (excluding diaryl/α,β-unsaturated/α-hetero) is 4. The minimum absolute atomic E-state index is 0.0745. The lowest BCUT2D eigenvalue weighted by atomic mass is 9.81. The molecule has 0 aromatic heterocycles. The van der Waals surface area contributed by atoms with Crippen molar-refractivity contribution in [2.75, 3.05) is 0 Å². The van der Waals surface area contributed by atoms with Gasteiger partial charge in [-0.1, -0.05) is 89.9 Å². The molecule has 0 aromatic carbocycles. The molecule has 30 heavy (non-hydrogen) atoms. The third kappa shape index (κ3) is 8.81. The standard InChI is InChI=1S/C26H42O4/c27-23-19-15-11-7-3-1-5-9-13-17-21(23)25(29)26(30)22-18-14-10-6-2-4-8-12-16-20-24(22)28/h21-22H,1-20H2/t21-,22+. The Bertz CT molecular complexity index is 515. The zero-order valence-corrected chi connectivity index (χ0v) is 18.9. The summed E-state index contributed by atoms with van der Waals surface area (Å²) in [5.41, 5.74) is 0. The van der Waals surface area contributed by atoms with Gasteiger partial charge in [0.05, 0.1) is 11.8 Å². The summed E-state index contributed by atoms with van der Waals surface area (Å²) in [6.45, 7) is 0. The number of ketones is 4. The van der Waals surface area contributed by atoms with Crippen LogP contribution in [-0.2, 0) is 19.2 Å². The van der Waals surface area contributed by atoms with E-state index >= 15 is 0 Å². The predicted octanol–water partition coefficient (Wildman–Crippen LogP) is 6.32. The molecular weight excluding hydrogens is 376 g/mol. The molecule has 0 aromatic rings. The van der Waals surface area contributed by atoms with E-state index in [1.807, 2.05) is 0 Å². The summed E-state index contributed by atoms with van der Waals surface area (Å²) >= 11 is 0. The molecule has 4 heteroatoms. The second-order valence-electron chi connectivity index (χ2n) is 9.50. The summed E-state index contributed by atoms with van der Waals surface area (Å²) in [4.78, 5) is 51.8. The third-order valence-electron chi connectivity index (χ3n) is 6.99. The van der Waals surface area contributed by atoms with E-state index in [1.165, 1.54) is 25.7 Å². The van der Waals surface area contributed by atoms with Gasteiger partial charge in [0.25, 0.3) is 0 Å². The lowest BCUT2D eigenvalue weighted by Gasteiger charge is -2.19. The fourth-order valence-corrected chi connectivity index (χ4v) is 4.99. The Labute approximate surface area is 182 Å². The molecule has 0 saturated heterocycles. The molecule has 2 atom stereocenters. The number of carbonyl (C=O) groups excluding carboxylic acids is 4. The van der Waals surface area contributed by atoms with Crippen molar-refractivity contribution in [3.8, 4) is 0 Å². The Hall–Kier alpha value is -1.32. The molecule has 0 spiro atoms. The average Bonchev–Trinajstić information content (AvgIpc) is 2.72. The first-order chi connectivity index (χ1) is 14.6. The van der Waals surface area contributed by atoms with Gasteiger partial charge in [0.2, 0.25) is 11.6 Å². The maximum Gasteiger partial charge on any atom is 0.209 e. The van der Waals surface area contributed by atoms with Crippen LogP contribution in [0.15, 0.2) is 0 Å². The molecular formula is C26H42O4. The highest BCUT2D eigenvalue weighted by Crippen LogP contribution is 2.24. The zero-order valence-electron chi connectivity index (χ0n) is 18.9. The monoisotopic (exact) mass is 418 g/mol. The topological polar surface area (TPSA) is 68.3 Å². The SMILES string of the molecule is O=C1CCCCCCCCCC[C@H]1C(=O)C(=O)[C@H]1CCCCCCCCCCC1=O. The lowest BCUT2D eigenvalue weighted by Crippen LogP contribution is -2.37. The molecule has 0 aliphatic heterocycles. The largest absolute Gasteiger partial charge is 0.299 e. The number of hydrogen-bond donors (Lipinski definition) is 0. The van der Waals surface area contributed by atoms with Crippen LogP contribution in [0.1, 0.15) is 128 Å². The summed E-state index contributed by atoms with van der Waals surface area (Å²) in [6, 6.07) is 0. The number of hydrogen-bond acceptors (Lipinski definition) is 4. The van der Waals surface area contributed by atoms with Crippen LogP contribution < -0.4 is 0 Å². The average molecular weight is 419 g/mol. The van der Waals surface area contributed by atoms with Crippen molar-refractivity contribution in [3.63, 3.8) is 0 Å². The Kier molecular flexibility index (Phi) is 12.2. The number of carbonyl (C=O) groups is 4. The summed E-state index contributed by atoms with van der Waals surface area (Å²) in [5.74, 6) is -2.91. The second-order valence-corrected chi connectivity index (χ2v) is 9.50. The quantitative estimate of drug-likeness (QED) is 0.397. The summed E-state index contributed by atoms with van der Waals surface area (Å²) in [7, 11) is 0. The van der Waals surface area contributed by atoms with Gasteiger partial charge in [-0.05, 0) is 25.7 Å². The minimum Gasteiger partial charge on any atom is -0.299 e. The molecule has 2 fully saturated rings. The highest BCUT2D eigenvalue weighted by Gasteiger charge is 2.37. The molecule has 0 amide bonds. The van der Waals surface area contributed by atoms with Crippen LogP contribution in [0.4, 0.5) is 0 Å². The minimum atomic E-state index is -0.814. The number of rotatable bonds is 3. The predicted molar refractivity (Wildman–Crippen MR) is 119 cm³/mol. The van der Waals surface area contributed by atoms with Crippen LogP contribution in [-0.4, -0.2) is 23.1 Å². The molecule has 0 radical (unpaired) electrons. The molecule has 2 aliphatic carbocycles. The Morgan fingerprint density at radius 2 is 0.700 bits per heavy atom. The maximum atomic E-state index is 13.1. The van der Waals surface area contributed by atoms with Crippen LogP contribution in [0.5, 0.6) is 0 Å². The van der Waals surface area contributed by atoms with Gasteiger partial charge in [-0.15, -0.1) is 0 Å². The van der Waals surface area contributed by atoms with E-state index in [9.17, 15) is 19.2 Å². The van der Waals surface area contributed by atoms with Gasteiger partial charge in [0.1, 0.15) is 11.6 Å². The van der Waals surface area contributed by atoms with Gasteiger partial charge < -0.3 is 0 Å². The van der Waals surface area contributed by atoms with Crippen LogP contribution in [0.3, 0.4) is 0 Å². The normalized spacial score (nSPS) is 27.1. The summed E-state index contributed by atoms with van der Waals surface area (Å²) in [6.07, 6.45) is 18.4. The van der Waals surface area contributed by atoms with E-state index in [2.05, 4.69) is 0 Å². The van der Waals surface area contributed by atoms with E-state index in [4.69, 9.17) is 0 Å². The van der Waals surface area contributed by atoms with Gasteiger partial charge in [-0.3, -0.25) is 19.2 Å². The van der Waals surface area contributed by atoms with Crippen molar-refractivity contribution < 1.29 is 19.2 Å². The Morgan fingerprint density at radius 1 is 0.433 bits per heavy atom. The van der Waals surface area contributed by atoms with Crippen molar-refractivity contribution in [3.05, 3.63) is 0 Å². The van der Waals surface area contributed by atoms with Gasteiger partial charge in [-0.2, -0.15) is 0 Å². The van der Waals surface area contributed by atoms with Crippen LogP contribution in [0.25, 0.3) is 0 Å². The molecule has 0 N–H and O–H groups in total. The van der Waals surface area contributed by atoms with Crippen LogP contribution in [0.2, 0.25) is 0 Å². The molecule has 2 rings (SSSR count). The van der Waals surface area contributed by atoms with Gasteiger partial charge in [0.15, 0.2) is 0 Å². The van der Waals surface area contributed by atoms with Crippen molar-refractivity contribution >= 4 is 23.1 Å². The van der Waals surface area contributed by atoms with E-state index in [0.29, 0.717) is 25.7 Å². The van der Waals surface area contributed by atoms with Gasteiger partial charge in [-0.25, -0.2) is 0 Å².